The van der Waals surface area contributed by atoms with Gasteiger partial charge in [0, 0.05) is 24.7 Å². The number of carbonyl (C=O) groups excluding carboxylic acids is 1. The average molecular weight is 475 g/mol. The van der Waals surface area contributed by atoms with E-state index in [1.54, 1.807) is 36.4 Å². The van der Waals surface area contributed by atoms with Crippen LogP contribution in [-0.4, -0.2) is 54.7 Å². The summed E-state index contributed by atoms with van der Waals surface area (Å²) in [5, 5.41) is 7.08. The van der Waals surface area contributed by atoms with Crippen LogP contribution >= 0.6 is 11.6 Å². The Kier molecular flexibility index (Phi) is 7.86. The van der Waals surface area contributed by atoms with Crippen molar-refractivity contribution in [3.05, 3.63) is 79.6 Å². The summed E-state index contributed by atoms with van der Waals surface area (Å²) in [6.07, 6.45) is 0. The first-order valence-corrected chi connectivity index (χ1v) is 10.3. The minimum Gasteiger partial charge on any atom is -0.493 e. The lowest BCUT2D eigenvalue weighted by Crippen LogP contribution is -2.46. The molecule has 2 aromatic carbocycles. The molecule has 1 heterocycles. The highest BCUT2D eigenvalue weighted by molar-refractivity contribution is 6.30. The van der Waals surface area contributed by atoms with Gasteiger partial charge in [0.1, 0.15) is 0 Å². The van der Waals surface area contributed by atoms with E-state index in [4.69, 9.17) is 25.8 Å². The summed E-state index contributed by atoms with van der Waals surface area (Å²) in [4.78, 5) is 39.0. The predicted molar refractivity (Wildman–Crippen MR) is 122 cm³/mol. The highest BCUT2D eigenvalue weighted by Crippen LogP contribution is 2.28. The molecule has 33 heavy (non-hydrogen) atoms. The summed E-state index contributed by atoms with van der Waals surface area (Å²) < 4.78 is 17.4. The third-order valence-electron chi connectivity index (χ3n) is 4.71. The normalized spacial score (nSPS) is 10.7. The molecule has 0 bridgehead atoms. The molecule has 1 aromatic heterocycles. The number of rotatable bonds is 9. The van der Waals surface area contributed by atoms with Gasteiger partial charge in [0.25, 0.3) is 11.5 Å². The number of amides is 1. The van der Waals surface area contributed by atoms with Crippen molar-refractivity contribution in [3.63, 3.8) is 0 Å². The van der Waals surface area contributed by atoms with E-state index in [1.165, 1.54) is 27.4 Å². The number of aromatic nitrogens is 3. The van der Waals surface area contributed by atoms with Gasteiger partial charge in [0.2, 0.25) is 5.69 Å². The van der Waals surface area contributed by atoms with Crippen LogP contribution in [0.1, 0.15) is 16.1 Å². The summed E-state index contributed by atoms with van der Waals surface area (Å²) >= 11 is 6.05. The Morgan fingerprint density at radius 1 is 1.06 bits per heavy atom. The molecule has 0 aliphatic carbocycles. The number of hydrogen-bond acceptors (Lipinski definition) is 7. The lowest BCUT2D eigenvalue weighted by molar-refractivity contribution is 0.0927. The third-order valence-corrected chi connectivity index (χ3v) is 4.94. The molecule has 0 saturated heterocycles. The highest BCUT2D eigenvalue weighted by Gasteiger charge is 2.21. The van der Waals surface area contributed by atoms with Crippen LogP contribution in [-0.2, 0) is 11.3 Å². The molecule has 10 nitrogen and oxygen atoms in total. The van der Waals surface area contributed by atoms with E-state index in [0.29, 0.717) is 22.1 Å². The minimum atomic E-state index is -0.827. The van der Waals surface area contributed by atoms with Crippen molar-refractivity contribution in [1.29, 1.82) is 0 Å². The van der Waals surface area contributed by atoms with Crippen molar-refractivity contribution < 1.29 is 19.0 Å². The Morgan fingerprint density at radius 2 is 1.82 bits per heavy atom. The highest BCUT2D eigenvalue weighted by atomic mass is 35.5. The Bertz CT molecular complexity index is 1270. The molecular formula is C22H23ClN4O6. The van der Waals surface area contributed by atoms with Gasteiger partial charge in [-0.05, 0) is 29.8 Å². The molecule has 1 N–H and O–H groups in total. The fourth-order valence-electron chi connectivity index (χ4n) is 3.09. The number of nitrogens with one attached hydrogen (secondary N) is 1. The van der Waals surface area contributed by atoms with Gasteiger partial charge >= 0.3 is 5.69 Å². The van der Waals surface area contributed by atoms with Crippen LogP contribution < -0.4 is 26.0 Å². The zero-order valence-corrected chi connectivity index (χ0v) is 19.1. The van der Waals surface area contributed by atoms with Crippen molar-refractivity contribution in [2.75, 3.05) is 34.5 Å². The number of methoxy groups -OCH3 is 3. The maximum atomic E-state index is 13.3. The van der Waals surface area contributed by atoms with Gasteiger partial charge in [-0.2, -0.15) is 9.78 Å². The molecule has 0 aliphatic rings. The molecule has 0 unspecified atom stereocenters. The van der Waals surface area contributed by atoms with Crippen molar-refractivity contribution in [3.8, 4) is 17.2 Å². The number of hydrogen-bond donors (Lipinski definition) is 1. The van der Waals surface area contributed by atoms with E-state index < -0.39 is 22.9 Å². The monoisotopic (exact) mass is 474 g/mol. The minimum absolute atomic E-state index is 0.105. The Morgan fingerprint density at radius 3 is 2.48 bits per heavy atom. The number of ether oxygens (including phenoxy) is 3. The molecule has 0 radical (unpaired) electrons. The first kappa shape index (κ1) is 24.0. The summed E-state index contributed by atoms with van der Waals surface area (Å²) in [5.41, 5.74) is -1.12. The quantitative estimate of drug-likeness (QED) is 0.467. The first-order valence-electron chi connectivity index (χ1n) is 9.87. The van der Waals surface area contributed by atoms with Gasteiger partial charge < -0.3 is 19.5 Å². The van der Waals surface area contributed by atoms with Crippen LogP contribution in [0.25, 0.3) is 5.69 Å². The molecule has 1 amide bonds. The van der Waals surface area contributed by atoms with Crippen LogP contribution in [0.2, 0.25) is 5.02 Å². The van der Waals surface area contributed by atoms with E-state index in [2.05, 4.69) is 10.4 Å². The van der Waals surface area contributed by atoms with Crippen LogP contribution in [0.4, 0.5) is 0 Å². The van der Waals surface area contributed by atoms with E-state index in [1.807, 2.05) is 0 Å². The van der Waals surface area contributed by atoms with Crippen molar-refractivity contribution >= 4 is 17.5 Å². The summed E-state index contributed by atoms with van der Waals surface area (Å²) in [6.45, 7) is 0.310. The van der Waals surface area contributed by atoms with Gasteiger partial charge in [-0.25, -0.2) is 4.79 Å². The number of carbonyl (C=O) groups is 1. The van der Waals surface area contributed by atoms with Gasteiger partial charge in [-0.1, -0.05) is 23.7 Å². The average Bonchev–Trinajstić information content (AvgIpc) is 2.81. The molecule has 3 aromatic rings. The van der Waals surface area contributed by atoms with Crippen molar-refractivity contribution in [1.82, 2.24) is 19.7 Å². The molecule has 0 aliphatic heterocycles. The lowest BCUT2D eigenvalue weighted by Gasteiger charge is -2.14. The van der Waals surface area contributed by atoms with Gasteiger partial charge in [0.05, 0.1) is 33.1 Å². The van der Waals surface area contributed by atoms with Crippen molar-refractivity contribution in [2.24, 2.45) is 0 Å². The van der Waals surface area contributed by atoms with Gasteiger partial charge in [-0.15, -0.1) is 0 Å². The summed E-state index contributed by atoms with van der Waals surface area (Å²) in [7, 11) is 4.42. The van der Waals surface area contributed by atoms with E-state index in [0.717, 1.165) is 9.25 Å². The molecule has 0 spiro atoms. The van der Waals surface area contributed by atoms with E-state index in [9.17, 15) is 14.4 Å². The standard InChI is InChI=1S/C22H23ClN4O6/c1-31-10-9-24-20(28)19-21(29)26(13-14-5-4-6-15(23)11-14)22(30)27(25-19)16-7-8-17(32-2)18(12-16)33-3/h4-8,11-12H,9-10,13H2,1-3H3,(H,24,28). The Labute approximate surface area is 194 Å². The van der Waals surface area contributed by atoms with Crippen LogP contribution in [0.3, 0.4) is 0 Å². The maximum absolute atomic E-state index is 13.3. The number of benzene rings is 2. The topological polar surface area (TPSA) is 114 Å². The molecule has 0 fully saturated rings. The molecule has 0 saturated carbocycles. The largest absolute Gasteiger partial charge is 0.493 e. The Balaban J connectivity index is 2.18. The maximum Gasteiger partial charge on any atom is 0.352 e. The fraction of sp³-hybridized carbons (Fsp3) is 0.273. The molecule has 0 atom stereocenters. The van der Waals surface area contributed by atoms with Crippen LogP contribution in [0, 0.1) is 0 Å². The SMILES string of the molecule is COCCNC(=O)c1nn(-c2ccc(OC)c(OC)c2)c(=O)n(Cc2cccc(Cl)c2)c1=O. The molecule has 3 rings (SSSR count). The first-order chi connectivity index (χ1) is 15.9. The zero-order chi connectivity index (χ0) is 24.0. The van der Waals surface area contributed by atoms with Crippen LogP contribution in [0.5, 0.6) is 11.5 Å². The van der Waals surface area contributed by atoms with Crippen molar-refractivity contribution in [2.45, 2.75) is 6.54 Å². The predicted octanol–water partition coefficient (Wildman–Crippen LogP) is 1.49. The van der Waals surface area contributed by atoms with Gasteiger partial charge in [-0.3, -0.25) is 14.2 Å². The number of halogens is 1. The summed E-state index contributed by atoms with van der Waals surface area (Å²) in [6, 6.07) is 11.4. The second-order valence-corrected chi connectivity index (χ2v) is 7.29. The fourth-order valence-corrected chi connectivity index (χ4v) is 3.30. The lowest BCUT2D eigenvalue weighted by atomic mass is 10.2. The second-order valence-electron chi connectivity index (χ2n) is 6.85. The third kappa shape index (κ3) is 5.41. The van der Waals surface area contributed by atoms with E-state index in [-0.39, 0.29) is 25.4 Å². The van der Waals surface area contributed by atoms with E-state index >= 15 is 0 Å². The molecule has 174 valence electrons. The smallest absolute Gasteiger partial charge is 0.352 e. The molecule has 11 heteroatoms. The Hall–Kier alpha value is -3.63. The number of nitrogens with zero attached hydrogens (tertiary/aromatic N) is 3. The van der Waals surface area contributed by atoms with Crippen LogP contribution in [0.15, 0.2) is 52.1 Å². The van der Waals surface area contributed by atoms with Gasteiger partial charge in [0.15, 0.2) is 11.5 Å². The molecular weight excluding hydrogens is 452 g/mol. The zero-order valence-electron chi connectivity index (χ0n) is 18.3. The second kappa shape index (κ2) is 10.8. The summed E-state index contributed by atoms with van der Waals surface area (Å²) in [5.74, 6) is 0.0626.